The zero-order valence-corrected chi connectivity index (χ0v) is 17.8. The van der Waals surface area contributed by atoms with Crippen molar-refractivity contribution in [1.29, 1.82) is 0 Å². The second-order valence-electron chi connectivity index (χ2n) is 6.85. The van der Waals surface area contributed by atoms with E-state index in [1.807, 2.05) is 6.92 Å². The summed E-state index contributed by atoms with van der Waals surface area (Å²) >= 11 is 12.2. The Morgan fingerprint density at radius 2 is 1.86 bits per heavy atom. The van der Waals surface area contributed by atoms with Crippen molar-refractivity contribution in [2.75, 3.05) is 13.7 Å². The summed E-state index contributed by atoms with van der Waals surface area (Å²) in [6, 6.07) is 9.32. The molecule has 1 amide bonds. The molecule has 7 heteroatoms. The number of carbonyl (C=O) groups excluding carboxylic acids is 2. The zero-order chi connectivity index (χ0) is 21.3. The van der Waals surface area contributed by atoms with Crippen molar-refractivity contribution in [3.63, 3.8) is 0 Å². The third kappa shape index (κ3) is 3.85. The average molecular weight is 434 g/mol. The highest BCUT2D eigenvalue weighted by atomic mass is 35.5. The summed E-state index contributed by atoms with van der Waals surface area (Å²) in [5, 5.41) is 11.8. The lowest BCUT2D eigenvalue weighted by Gasteiger charge is -2.25. The number of hydrogen-bond acceptors (Lipinski definition) is 4. The maximum Gasteiger partial charge on any atom is 0.295 e. The first-order valence-corrected chi connectivity index (χ1v) is 9.94. The number of benzene rings is 2. The van der Waals surface area contributed by atoms with Gasteiger partial charge in [-0.3, -0.25) is 9.59 Å². The average Bonchev–Trinajstić information content (AvgIpc) is 2.94. The van der Waals surface area contributed by atoms with Gasteiger partial charge < -0.3 is 14.7 Å². The number of Topliss-reactive ketones (excluding diaryl/α,β-unsaturated/α-hetero) is 1. The number of likely N-dealkylation sites (tertiary alicyclic amines) is 1. The van der Waals surface area contributed by atoms with Crippen LogP contribution in [0.5, 0.6) is 5.75 Å². The molecule has 152 valence electrons. The summed E-state index contributed by atoms with van der Waals surface area (Å²) < 4.78 is 5.20. The first kappa shape index (κ1) is 21.2. The maximum absolute atomic E-state index is 12.9. The molecule has 29 heavy (non-hydrogen) atoms. The molecule has 2 aromatic rings. The number of aliphatic hydroxyl groups is 1. The number of hydrogen-bond donors (Lipinski definition) is 1. The number of ether oxygens (including phenoxy) is 1. The van der Waals surface area contributed by atoms with Gasteiger partial charge in [0.25, 0.3) is 11.7 Å². The molecule has 0 bridgehead atoms. The number of methoxy groups -OCH3 is 1. The fourth-order valence-corrected chi connectivity index (χ4v) is 3.86. The lowest BCUT2D eigenvalue weighted by Crippen LogP contribution is -2.30. The van der Waals surface area contributed by atoms with E-state index < -0.39 is 17.7 Å². The standard InChI is InChI=1S/C22H21Cl2NO4/c1-4-9-25-19(13-5-8-16(23)17(24)11-13)18(21(27)22(25)28)20(26)15-7-6-14(29-3)10-12(15)2/h5-8,10-11,19,26H,4,9H2,1-3H3/b20-18-. The lowest BCUT2D eigenvalue weighted by molar-refractivity contribution is -0.139. The highest BCUT2D eigenvalue weighted by Crippen LogP contribution is 2.41. The number of amides is 1. The van der Waals surface area contributed by atoms with Crippen molar-refractivity contribution in [3.8, 4) is 5.75 Å². The fraction of sp³-hybridized carbons (Fsp3) is 0.273. The van der Waals surface area contributed by atoms with Gasteiger partial charge in [-0.05, 0) is 54.8 Å². The van der Waals surface area contributed by atoms with Crippen LogP contribution in [-0.2, 0) is 9.59 Å². The Morgan fingerprint density at radius 1 is 1.14 bits per heavy atom. The molecular weight excluding hydrogens is 413 g/mol. The van der Waals surface area contributed by atoms with Crippen LogP contribution in [-0.4, -0.2) is 35.4 Å². The van der Waals surface area contributed by atoms with Gasteiger partial charge >= 0.3 is 0 Å². The Labute approximate surface area is 179 Å². The van der Waals surface area contributed by atoms with Crippen molar-refractivity contribution in [1.82, 2.24) is 4.90 Å². The minimum absolute atomic E-state index is 0.0371. The summed E-state index contributed by atoms with van der Waals surface area (Å²) in [6.07, 6.45) is 0.659. The molecular formula is C22H21Cl2NO4. The maximum atomic E-state index is 12.9. The number of aryl methyl sites for hydroxylation is 1. The highest BCUT2D eigenvalue weighted by molar-refractivity contribution is 6.46. The van der Waals surface area contributed by atoms with Crippen LogP contribution in [0.1, 0.15) is 36.1 Å². The van der Waals surface area contributed by atoms with Gasteiger partial charge in [-0.15, -0.1) is 0 Å². The smallest absolute Gasteiger partial charge is 0.295 e. The molecule has 2 aromatic carbocycles. The van der Waals surface area contributed by atoms with E-state index in [2.05, 4.69) is 0 Å². The van der Waals surface area contributed by atoms with Gasteiger partial charge in [-0.25, -0.2) is 0 Å². The van der Waals surface area contributed by atoms with Gasteiger partial charge in [0, 0.05) is 12.1 Å². The normalized spacial score (nSPS) is 18.4. The third-order valence-electron chi connectivity index (χ3n) is 4.95. The van der Waals surface area contributed by atoms with E-state index in [0.29, 0.717) is 39.9 Å². The van der Waals surface area contributed by atoms with Crippen LogP contribution < -0.4 is 4.74 Å². The number of ketones is 1. The molecule has 0 saturated carbocycles. The lowest BCUT2D eigenvalue weighted by atomic mass is 9.94. The second-order valence-corrected chi connectivity index (χ2v) is 7.66. The zero-order valence-electron chi connectivity index (χ0n) is 16.3. The van der Waals surface area contributed by atoms with Gasteiger partial charge in [0.05, 0.1) is 28.8 Å². The van der Waals surface area contributed by atoms with Crippen molar-refractivity contribution in [2.45, 2.75) is 26.3 Å². The second kappa shape index (κ2) is 8.47. The van der Waals surface area contributed by atoms with Crippen molar-refractivity contribution in [2.24, 2.45) is 0 Å². The summed E-state index contributed by atoms with van der Waals surface area (Å²) in [4.78, 5) is 27.1. The molecule has 1 N–H and O–H groups in total. The van der Waals surface area contributed by atoms with Gasteiger partial charge in [-0.2, -0.15) is 0 Å². The van der Waals surface area contributed by atoms with Gasteiger partial charge in [0.15, 0.2) is 0 Å². The third-order valence-corrected chi connectivity index (χ3v) is 5.69. The first-order chi connectivity index (χ1) is 13.8. The van der Waals surface area contributed by atoms with Crippen LogP contribution in [0, 0.1) is 6.92 Å². The van der Waals surface area contributed by atoms with Crippen molar-refractivity contribution < 1.29 is 19.4 Å². The summed E-state index contributed by atoms with van der Waals surface area (Å²) in [5.74, 6) is -0.956. The number of rotatable bonds is 5. The molecule has 5 nitrogen and oxygen atoms in total. The van der Waals surface area contributed by atoms with Crippen LogP contribution in [0.3, 0.4) is 0 Å². The van der Waals surface area contributed by atoms with E-state index in [4.69, 9.17) is 27.9 Å². The van der Waals surface area contributed by atoms with Gasteiger partial charge in [-0.1, -0.05) is 36.2 Å². The Morgan fingerprint density at radius 3 is 2.45 bits per heavy atom. The predicted octanol–water partition coefficient (Wildman–Crippen LogP) is 5.14. The Bertz CT molecular complexity index is 1020. The molecule has 0 radical (unpaired) electrons. The fourth-order valence-electron chi connectivity index (χ4n) is 3.55. The quantitative estimate of drug-likeness (QED) is 0.402. The van der Waals surface area contributed by atoms with Crippen LogP contribution >= 0.6 is 23.2 Å². The van der Waals surface area contributed by atoms with Gasteiger partial charge in [0.2, 0.25) is 0 Å². The monoisotopic (exact) mass is 433 g/mol. The topological polar surface area (TPSA) is 66.8 Å². The molecule has 3 rings (SSSR count). The Hall–Kier alpha value is -2.50. The molecule has 1 fully saturated rings. The number of aliphatic hydroxyl groups excluding tert-OH is 1. The van der Waals surface area contributed by atoms with E-state index in [1.54, 1.807) is 50.4 Å². The molecule has 1 saturated heterocycles. The largest absolute Gasteiger partial charge is 0.507 e. The minimum atomic E-state index is -0.744. The van der Waals surface area contributed by atoms with E-state index in [1.165, 1.54) is 4.90 Å². The molecule has 1 heterocycles. The number of carbonyl (C=O) groups is 2. The van der Waals surface area contributed by atoms with Crippen molar-refractivity contribution in [3.05, 3.63) is 68.7 Å². The minimum Gasteiger partial charge on any atom is -0.507 e. The molecule has 1 unspecified atom stereocenters. The molecule has 1 aliphatic heterocycles. The van der Waals surface area contributed by atoms with E-state index in [-0.39, 0.29) is 11.3 Å². The molecule has 1 aliphatic rings. The summed E-state index contributed by atoms with van der Waals surface area (Å²) in [5.41, 5.74) is 1.83. The Balaban J connectivity index is 2.22. The summed E-state index contributed by atoms with van der Waals surface area (Å²) in [6.45, 7) is 4.08. The molecule has 0 aromatic heterocycles. The number of halogens is 2. The van der Waals surface area contributed by atoms with Crippen LogP contribution in [0.25, 0.3) is 5.76 Å². The van der Waals surface area contributed by atoms with Crippen molar-refractivity contribution >= 4 is 40.7 Å². The SMILES string of the molecule is CCCN1C(=O)C(=O)/C(=C(\O)c2ccc(OC)cc2C)C1c1ccc(Cl)c(Cl)c1. The summed E-state index contributed by atoms with van der Waals surface area (Å²) in [7, 11) is 1.55. The molecule has 1 atom stereocenters. The van der Waals surface area contributed by atoms with E-state index >= 15 is 0 Å². The van der Waals surface area contributed by atoms with E-state index in [0.717, 1.165) is 5.56 Å². The highest BCUT2D eigenvalue weighted by Gasteiger charge is 2.45. The predicted molar refractivity (Wildman–Crippen MR) is 113 cm³/mol. The van der Waals surface area contributed by atoms with Crippen LogP contribution in [0.15, 0.2) is 42.0 Å². The number of nitrogens with zero attached hydrogens (tertiary/aromatic N) is 1. The van der Waals surface area contributed by atoms with E-state index in [9.17, 15) is 14.7 Å². The van der Waals surface area contributed by atoms with Crippen LogP contribution in [0.4, 0.5) is 0 Å². The molecule has 0 spiro atoms. The Kier molecular flexibility index (Phi) is 6.20. The van der Waals surface area contributed by atoms with Gasteiger partial charge in [0.1, 0.15) is 11.5 Å². The molecule has 0 aliphatic carbocycles. The van der Waals surface area contributed by atoms with Crippen LogP contribution in [0.2, 0.25) is 10.0 Å². The first-order valence-electron chi connectivity index (χ1n) is 9.18.